The summed E-state index contributed by atoms with van der Waals surface area (Å²) in [6.45, 7) is 0. The molecule has 2 amide bonds. The monoisotopic (exact) mass is 430 g/mol. The molecule has 3 aromatic rings. The Kier molecular flexibility index (Phi) is 5.03. The first-order chi connectivity index (χ1) is 15.6. The van der Waals surface area contributed by atoms with Gasteiger partial charge in [-0.05, 0) is 42.5 Å². The molecule has 0 saturated carbocycles. The van der Waals surface area contributed by atoms with Crippen LogP contribution in [0.25, 0.3) is 0 Å². The molecule has 0 N–H and O–H groups in total. The Morgan fingerprint density at radius 1 is 0.781 bits per heavy atom. The first-order valence-corrected chi connectivity index (χ1v) is 10.3. The average molecular weight is 430 g/mol. The number of carbonyl (C=O) groups is 2. The molecule has 2 heterocycles. The summed E-state index contributed by atoms with van der Waals surface area (Å²) in [4.78, 5) is 34.4. The highest BCUT2D eigenvalue weighted by molar-refractivity contribution is 6.23. The highest BCUT2D eigenvalue weighted by Crippen LogP contribution is 2.50. The summed E-state index contributed by atoms with van der Waals surface area (Å²) < 4.78 is 11.0. The van der Waals surface area contributed by atoms with E-state index in [1.54, 1.807) is 55.7 Å². The van der Waals surface area contributed by atoms with E-state index in [-0.39, 0.29) is 11.8 Å². The van der Waals surface area contributed by atoms with Crippen LogP contribution in [0.3, 0.4) is 0 Å². The lowest BCUT2D eigenvalue weighted by Crippen LogP contribution is -2.37. The van der Waals surface area contributed by atoms with Crippen molar-refractivity contribution in [2.45, 2.75) is 12.1 Å². The van der Waals surface area contributed by atoms with Crippen LogP contribution in [0, 0.1) is 5.92 Å². The Bertz CT molecular complexity index is 1150. The van der Waals surface area contributed by atoms with E-state index in [4.69, 9.17) is 14.3 Å². The number of hydroxylamine groups is 1. The third-order valence-corrected chi connectivity index (χ3v) is 5.90. The second-order valence-electron chi connectivity index (χ2n) is 7.61. The highest BCUT2D eigenvalue weighted by Gasteiger charge is 2.60. The highest BCUT2D eigenvalue weighted by atomic mass is 16.7. The number of rotatable bonds is 5. The van der Waals surface area contributed by atoms with Gasteiger partial charge >= 0.3 is 0 Å². The summed E-state index contributed by atoms with van der Waals surface area (Å²) in [6.07, 6.45) is -0.941. The van der Waals surface area contributed by atoms with E-state index in [9.17, 15) is 9.59 Å². The Balaban J connectivity index is 1.64. The van der Waals surface area contributed by atoms with Gasteiger partial charge in [-0.2, -0.15) is 0 Å². The minimum atomic E-state index is -0.941. The zero-order valence-corrected chi connectivity index (χ0v) is 17.7. The number of hydrogen-bond donors (Lipinski definition) is 0. The molecule has 0 radical (unpaired) electrons. The molecule has 0 unspecified atom stereocenters. The molecule has 2 aliphatic heterocycles. The van der Waals surface area contributed by atoms with Gasteiger partial charge in [0.25, 0.3) is 5.91 Å². The second-order valence-corrected chi connectivity index (χ2v) is 7.61. The van der Waals surface area contributed by atoms with Crippen molar-refractivity contribution in [2.24, 2.45) is 5.92 Å². The number of imide groups is 1. The standard InChI is InChI=1S/C25H22N2O5/c1-30-18-13-14-20(31-2)19(15-18)22-21-23(32-27(22)17-11-7-4-8-12-17)25(29)26(24(21)28)16-9-5-3-6-10-16/h3-15,21-23H,1-2H3/t21-,22-,23-/m0/s1. The predicted molar refractivity (Wildman–Crippen MR) is 119 cm³/mol. The quantitative estimate of drug-likeness (QED) is 0.575. The smallest absolute Gasteiger partial charge is 0.266 e. The van der Waals surface area contributed by atoms with Gasteiger partial charge in [0.1, 0.15) is 23.5 Å². The van der Waals surface area contributed by atoms with E-state index < -0.39 is 18.1 Å². The maximum atomic E-state index is 13.6. The fraction of sp³-hybridized carbons (Fsp3) is 0.200. The van der Waals surface area contributed by atoms with Gasteiger partial charge in [0.05, 0.1) is 25.6 Å². The van der Waals surface area contributed by atoms with Gasteiger partial charge in [0.15, 0.2) is 6.10 Å². The Morgan fingerprint density at radius 2 is 1.44 bits per heavy atom. The van der Waals surface area contributed by atoms with Crippen LogP contribution in [-0.2, 0) is 14.4 Å². The van der Waals surface area contributed by atoms with Crippen LogP contribution >= 0.6 is 0 Å². The van der Waals surface area contributed by atoms with E-state index >= 15 is 0 Å². The lowest BCUT2D eigenvalue weighted by molar-refractivity contribution is -0.126. The molecule has 3 atom stereocenters. The number of hydrogen-bond acceptors (Lipinski definition) is 6. The zero-order valence-electron chi connectivity index (χ0n) is 17.7. The van der Waals surface area contributed by atoms with Crippen molar-refractivity contribution in [1.29, 1.82) is 0 Å². The van der Waals surface area contributed by atoms with E-state index in [0.717, 1.165) is 5.69 Å². The first kappa shape index (κ1) is 20.1. The minimum Gasteiger partial charge on any atom is -0.497 e. The van der Waals surface area contributed by atoms with E-state index in [1.807, 2.05) is 42.5 Å². The van der Waals surface area contributed by atoms with Gasteiger partial charge in [0, 0.05) is 5.56 Å². The van der Waals surface area contributed by atoms with Crippen molar-refractivity contribution in [3.8, 4) is 11.5 Å². The maximum Gasteiger partial charge on any atom is 0.266 e. The molecule has 5 rings (SSSR count). The SMILES string of the molecule is COc1ccc(OC)c([C@H]2[C@@H]3C(=O)N(c4ccccc4)C(=O)[C@H]3ON2c2ccccc2)c1. The molecular formula is C25H22N2O5. The van der Waals surface area contributed by atoms with Crippen LogP contribution in [0.4, 0.5) is 11.4 Å². The number of carbonyl (C=O) groups excluding carboxylic acids is 2. The van der Waals surface area contributed by atoms with E-state index in [2.05, 4.69) is 0 Å². The normalized spacial score (nSPS) is 22.2. The van der Waals surface area contributed by atoms with Gasteiger partial charge in [0.2, 0.25) is 5.91 Å². The van der Waals surface area contributed by atoms with Gasteiger partial charge in [-0.3, -0.25) is 14.4 Å². The summed E-state index contributed by atoms with van der Waals surface area (Å²) in [7, 11) is 3.15. The molecule has 3 aromatic carbocycles. The number of methoxy groups -OCH3 is 2. The lowest BCUT2D eigenvalue weighted by atomic mass is 9.89. The summed E-state index contributed by atoms with van der Waals surface area (Å²) in [5.41, 5.74) is 1.98. The molecule has 0 bridgehead atoms. The van der Waals surface area contributed by atoms with Crippen molar-refractivity contribution >= 4 is 23.2 Å². The number of ether oxygens (including phenoxy) is 2. The Morgan fingerprint density at radius 3 is 2.06 bits per heavy atom. The fourth-order valence-electron chi connectivity index (χ4n) is 4.43. The third-order valence-electron chi connectivity index (χ3n) is 5.90. The van der Waals surface area contributed by atoms with E-state index in [1.165, 1.54) is 4.90 Å². The fourth-order valence-corrected chi connectivity index (χ4v) is 4.43. The van der Waals surface area contributed by atoms with Crippen molar-refractivity contribution in [2.75, 3.05) is 24.2 Å². The average Bonchev–Trinajstić information content (AvgIpc) is 3.35. The molecular weight excluding hydrogens is 408 g/mol. The zero-order chi connectivity index (χ0) is 22.2. The largest absolute Gasteiger partial charge is 0.497 e. The van der Waals surface area contributed by atoms with Crippen molar-refractivity contribution in [3.63, 3.8) is 0 Å². The number of fused-ring (bicyclic) bond motifs is 1. The number of benzene rings is 3. The molecule has 32 heavy (non-hydrogen) atoms. The summed E-state index contributed by atoms with van der Waals surface area (Å²) >= 11 is 0. The topological polar surface area (TPSA) is 68.3 Å². The molecule has 2 aliphatic rings. The van der Waals surface area contributed by atoms with Gasteiger partial charge in [-0.25, -0.2) is 9.96 Å². The summed E-state index contributed by atoms with van der Waals surface area (Å²) in [5, 5.41) is 1.64. The maximum absolute atomic E-state index is 13.6. The summed E-state index contributed by atoms with van der Waals surface area (Å²) in [5.74, 6) is -0.228. The van der Waals surface area contributed by atoms with Crippen LogP contribution in [0.2, 0.25) is 0 Å². The van der Waals surface area contributed by atoms with Crippen molar-refractivity contribution < 1.29 is 23.9 Å². The molecule has 7 nitrogen and oxygen atoms in total. The third kappa shape index (κ3) is 3.09. The number of amides is 2. The van der Waals surface area contributed by atoms with Crippen LogP contribution in [-0.4, -0.2) is 32.1 Å². The summed E-state index contributed by atoms with van der Waals surface area (Å²) in [6, 6.07) is 23.2. The number of nitrogens with zero attached hydrogens (tertiary/aromatic N) is 2. The van der Waals surface area contributed by atoms with Gasteiger partial charge in [-0.1, -0.05) is 36.4 Å². The van der Waals surface area contributed by atoms with Crippen LogP contribution in [0.1, 0.15) is 11.6 Å². The van der Waals surface area contributed by atoms with Crippen molar-refractivity contribution in [1.82, 2.24) is 0 Å². The Hall–Kier alpha value is -3.84. The molecule has 2 fully saturated rings. The van der Waals surface area contributed by atoms with Crippen molar-refractivity contribution in [3.05, 3.63) is 84.4 Å². The minimum absolute atomic E-state index is 0.306. The Labute approximate surface area is 185 Å². The van der Waals surface area contributed by atoms with Crippen LogP contribution < -0.4 is 19.4 Å². The molecule has 2 saturated heterocycles. The predicted octanol–water partition coefficient (Wildman–Crippen LogP) is 3.75. The number of anilines is 2. The second kappa shape index (κ2) is 8.01. The lowest BCUT2D eigenvalue weighted by Gasteiger charge is -2.29. The van der Waals surface area contributed by atoms with Gasteiger partial charge < -0.3 is 9.47 Å². The van der Waals surface area contributed by atoms with E-state index in [0.29, 0.717) is 22.7 Å². The molecule has 162 valence electrons. The van der Waals surface area contributed by atoms with Gasteiger partial charge in [-0.15, -0.1) is 0 Å². The molecule has 7 heteroatoms. The van der Waals surface area contributed by atoms with Crippen LogP contribution in [0.15, 0.2) is 78.9 Å². The van der Waals surface area contributed by atoms with Crippen LogP contribution in [0.5, 0.6) is 11.5 Å². The molecule has 0 aromatic heterocycles. The first-order valence-electron chi connectivity index (χ1n) is 10.3. The number of para-hydroxylation sites is 2. The molecule has 0 spiro atoms. The molecule has 0 aliphatic carbocycles.